The lowest BCUT2D eigenvalue weighted by atomic mass is 10.1. The third kappa shape index (κ3) is 9.32. The van der Waals surface area contributed by atoms with Crippen LogP contribution >= 0.6 is 0 Å². The molecule has 1 fully saturated rings. The lowest BCUT2D eigenvalue weighted by molar-refractivity contribution is -0.157. The van der Waals surface area contributed by atoms with Crippen LogP contribution in [0, 0.1) is 0 Å². The summed E-state index contributed by atoms with van der Waals surface area (Å²) in [6, 6.07) is 4.08. The van der Waals surface area contributed by atoms with Crippen molar-refractivity contribution in [3.8, 4) is 11.5 Å². The number of aliphatic carboxylic acids is 1. The van der Waals surface area contributed by atoms with Crippen molar-refractivity contribution >= 4 is 29.8 Å². The molecule has 1 aromatic rings. The maximum Gasteiger partial charge on any atom is 0.410 e. The summed E-state index contributed by atoms with van der Waals surface area (Å²) in [5, 5.41) is 9.42. The number of carbonyl (C=O) groups is 5. The Kier molecular flexibility index (Phi) is 10.1. The number of hydrazine groups is 1. The van der Waals surface area contributed by atoms with Gasteiger partial charge in [-0.3, -0.25) is 15.0 Å². The summed E-state index contributed by atoms with van der Waals surface area (Å²) in [5.41, 5.74) is 0.169. The van der Waals surface area contributed by atoms with Gasteiger partial charge in [0.2, 0.25) is 0 Å². The average Bonchev–Trinajstić information content (AvgIpc) is 2.83. The summed E-state index contributed by atoms with van der Waals surface area (Å²) in [4.78, 5) is 64.7. The predicted octanol–water partition coefficient (Wildman–Crippen LogP) is 0.922. The number of nitrogens with two attached hydrogens (primary N) is 1. The molecular weight excluding hydrogens is 516 g/mol. The Balaban J connectivity index is 2.32. The van der Waals surface area contributed by atoms with Gasteiger partial charge in [0.25, 0.3) is 17.9 Å². The van der Waals surface area contributed by atoms with Crippen molar-refractivity contribution < 1.29 is 48.0 Å². The molecule has 0 radical (unpaired) electrons. The number of carbonyl (C=O) groups excluding carboxylic acids is 4. The number of nitrogens with zero attached hydrogens (tertiary/aromatic N) is 2. The molecule has 216 valence electrons. The summed E-state index contributed by atoms with van der Waals surface area (Å²) in [7, 11) is 0. The molecule has 0 bridgehead atoms. The average molecular weight is 553 g/mol. The minimum atomic E-state index is -2.07. The maximum absolute atomic E-state index is 13.5. The Labute approximate surface area is 226 Å². The molecule has 0 saturated carbocycles. The minimum Gasteiger partial charge on any atom is -0.478 e. The van der Waals surface area contributed by atoms with Gasteiger partial charge in [-0.1, -0.05) is 6.07 Å². The van der Waals surface area contributed by atoms with Crippen molar-refractivity contribution in [3.63, 3.8) is 0 Å². The highest BCUT2D eigenvalue weighted by Gasteiger charge is 2.33. The normalized spacial score (nSPS) is 14.6. The van der Waals surface area contributed by atoms with Gasteiger partial charge in [-0.15, -0.1) is 0 Å². The molecule has 14 nitrogen and oxygen atoms in total. The van der Waals surface area contributed by atoms with E-state index in [0.29, 0.717) is 0 Å². The van der Waals surface area contributed by atoms with Gasteiger partial charge in [-0.25, -0.2) is 20.2 Å². The summed E-state index contributed by atoms with van der Waals surface area (Å²) >= 11 is 0. The van der Waals surface area contributed by atoms with Gasteiger partial charge in [0.05, 0.1) is 5.56 Å². The van der Waals surface area contributed by atoms with Crippen LogP contribution in [-0.2, 0) is 23.9 Å². The monoisotopic (exact) mass is 552 g/mol. The van der Waals surface area contributed by atoms with Gasteiger partial charge in [0.15, 0.2) is 18.1 Å². The molecule has 1 atom stereocenters. The van der Waals surface area contributed by atoms with Crippen LogP contribution < -0.4 is 20.7 Å². The van der Waals surface area contributed by atoms with Crippen molar-refractivity contribution in [1.82, 2.24) is 15.2 Å². The van der Waals surface area contributed by atoms with Gasteiger partial charge >= 0.3 is 18.0 Å². The van der Waals surface area contributed by atoms with Gasteiger partial charge < -0.3 is 33.9 Å². The molecule has 1 aliphatic heterocycles. The molecule has 1 aliphatic rings. The van der Waals surface area contributed by atoms with Crippen molar-refractivity contribution in [1.29, 1.82) is 0 Å². The lowest BCUT2D eigenvalue weighted by Gasteiger charge is -2.35. The number of esters is 1. The van der Waals surface area contributed by atoms with Crippen LogP contribution in [0.5, 0.6) is 11.5 Å². The van der Waals surface area contributed by atoms with Crippen molar-refractivity contribution in [2.75, 3.05) is 32.8 Å². The molecule has 0 aliphatic carbocycles. The molecular formula is C25H36N4O10. The zero-order chi connectivity index (χ0) is 29.5. The van der Waals surface area contributed by atoms with Crippen LogP contribution in [0.1, 0.15) is 51.9 Å². The topological polar surface area (TPSA) is 187 Å². The van der Waals surface area contributed by atoms with E-state index in [1.807, 2.05) is 0 Å². The summed E-state index contributed by atoms with van der Waals surface area (Å²) < 4.78 is 21.6. The van der Waals surface area contributed by atoms with Gasteiger partial charge in [-0.05, 0) is 53.7 Å². The summed E-state index contributed by atoms with van der Waals surface area (Å²) in [6.45, 7) is 10.4. The lowest BCUT2D eigenvalue weighted by Crippen LogP contribution is -2.51. The molecule has 39 heavy (non-hydrogen) atoms. The predicted molar refractivity (Wildman–Crippen MR) is 136 cm³/mol. The molecule has 1 unspecified atom stereocenters. The summed E-state index contributed by atoms with van der Waals surface area (Å²) in [5.74, 6) is 0.433. The number of ether oxygens (including phenoxy) is 4. The Morgan fingerprint density at radius 1 is 0.949 bits per heavy atom. The molecule has 3 amide bonds. The first-order chi connectivity index (χ1) is 18.0. The first-order valence-electron chi connectivity index (χ1n) is 12.2. The Morgan fingerprint density at radius 3 is 2.03 bits per heavy atom. The summed E-state index contributed by atoms with van der Waals surface area (Å²) in [6.07, 6.45) is -2.56. The Morgan fingerprint density at radius 2 is 1.51 bits per heavy atom. The fourth-order valence-electron chi connectivity index (χ4n) is 3.44. The van der Waals surface area contributed by atoms with Gasteiger partial charge in [0.1, 0.15) is 11.2 Å². The number of hydrogen-bond donors (Lipinski definition) is 3. The number of rotatable bonds is 8. The van der Waals surface area contributed by atoms with Gasteiger partial charge in [-0.2, -0.15) is 0 Å². The second-order valence-corrected chi connectivity index (χ2v) is 10.6. The molecule has 1 saturated heterocycles. The van der Waals surface area contributed by atoms with Crippen LogP contribution in [0.3, 0.4) is 0 Å². The van der Waals surface area contributed by atoms with Crippen LogP contribution in [0.25, 0.3) is 0 Å². The van der Waals surface area contributed by atoms with Crippen molar-refractivity contribution in [3.05, 3.63) is 23.8 Å². The number of carboxylic acid groups (broad SMARTS) is 1. The second kappa shape index (κ2) is 12.7. The Bertz CT molecular complexity index is 1090. The zero-order valence-corrected chi connectivity index (χ0v) is 22.9. The van der Waals surface area contributed by atoms with Crippen LogP contribution in [0.15, 0.2) is 18.2 Å². The standard InChI is InChI=1S/C25H36N4O10/c1-24(2,3)38-17(30)14-36-18-15(8-7-9-16(18)37-19(22(33)34)20(31)27-26)21(32)28-10-12-29(13-11-28)23(35)39-25(4,5)6/h7-9,19H,10-14,26H2,1-6H3,(H,27,31)(H,33,34). The highest BCUT2D eigenvalue weighted by Crippen LogP contribution is 2.33. The Hall–Kier alpha value is -4.07. The van der Waals surface area contributed by atoms with E-state index in [2.05, 4.69) is 0 Å². The maximum atomic E-state index is 13.5. The quantitative estimate of drug-likeness (QED) is 0.137. The van der Waals surface area contributed by atoms with E-state index in [4.69, 9.17) is 24.8 Å². The molecule has 14 heteroatoms. The highest BCUT2D eigenvalue weighted by molar-refractivity contribution is 6.01. The largest absolute Gasteiger partial charge is 0.478 e. The smallest absolute Gasteiger partial charge is 0.410 e. The van der Waals surface area contributed by atoms with Gasteiger partial charge in [0, 0.05) is 26.2 Å². The molecule has 2 rings (SSSR count). The zero-order valence-electron chi connectivity index (χ0n) is 22.9. The third-order valence-electron chi connectivity index (χ3n) is 5.03. The fraction of sp³-hybridized carbons (Fsp3) is 0.560. The van der Waals surface area contributed by atoms with E-state index in [0.717, 1.165) is 0 Å². The first-order valence-corrected chi connectivity index (χ1v) is 12.2. The molecule has 1 aromatic carbocycles. The molecule has 4 N–H and O–H groups in total. The first kappa shape index (κ1) is 31.1. The van der Waals surface area contributed by atoms with Crippen molar-refractivity contribution in [2.24, 2.45) is 5.84 Å². The van der Waals surface area contributed by atoms with E-state index >= 15 is 0 Å². The minimum absolute atomic E-state index is 0.0564. The van der Waals surface area contributed by atoms with Crippen LogP contribution in [0.4, 0.5) is 4.79 Å². The van der Waals surface area contributed by atoms with E-state index in [-0.39, 0.29) is 43.2 Å². The molecule has 0 aromatic heterocycles. The van der Waals surface area contributed by atoms with Crippen LogP contribution in [-0.4, -0.2) is 94.8 Å². The fourth-order valence-corrected chi connectivity index (χ4v) is 3.44. The number of para-hydroxylation sites is 1. The molecule has 0 spiro atoms. The van der Waals surface area contributed by atoms with E-state index in [1.165, 1.54) is 28.0 Å². The number of hydrogen-bond acceptors (Lipinski definition) is 10. The van der Waals surface area contributed by atoms with E-state index in [9.17, 15) is 29.1 Å². The SMILES string of the molecule is CC(C)(C)OC(=O)COc1c(OC(C(=O)O)C(=O)NN)cccc1C(=O)N1CCN(C(=O)OC(C)(C)C)CC1. The van der Waals surface area contributed by atoms with Crippen molar-refractivity contribution in [2.45, 2.75) is 58.8 Å². The van der Waals surface area contributed by atoms with Crippen LogP contribution in [0.2, 0.25) is 0 Å². The molecule has 1 heterocycles. The number of nitrogens with one attached hydrogen (secondary N) is 1. The number of carboxylic acids is 1. The number of benzene rings is 1. The van der Waals surface area contributed by atoms with E-state index < -0.39 is 53.8 Å². The number of piperazine rings is 1. The second-order valence-electron chi connectivity index (χ2n) is 10.6. The third-order valence-corrected chi connectivity index (χ3v) is 5.03. The number of amides is 3. The highest BCUT2D eigenvalue weighted by atomic mass is 16.6. The van der Waals surface area contributed by atoms with E-state index in [1.54, 1.807) is 47.0 Å².